The van der Waals surface area contributed by atoms with Crippen LogP contribution in [0, 0.1) is 5.82 Å². The van der Waals surface area contributed by atoms with Crippen molar-refractivity contribution in [2.24, 2.45) is 0 Å². The SMILES string of the molecule is C[C@@H]1CN(c2c(CO[Si](c3ccccc3)(c3ccccc3)C(C)(C)C)cc(-c3cncnc3C=O)c(F)c2Cl)C[C@H](C)O1. The largest absolute Gasteiger partial charge is 0.403 e. The Morgan fingerprint density at radius 3 is 2.14 bits per heavy atom. The summed E-state index contributed by atoms with van der Waals surface area (Å²) in [6.07, 6.45) is 3.17. The summed E-state index contributed by atoms with van der Waals surface area (Å²) in [6.45, 7) is 11.9. The second kappa shape index (κ2) is 12.7. The smallest absolute Gasteiger partial charge is 0.261 e. The predicted molar refractivity (Wildman–Crippen MR) is 172 cm³/mol. The molecule has 0 unspecified atom stereocenters. The van der Waals surface area contributed by atoms with Gasteiger partial charge in [0.25, 0.3) is 8.32 Å². The lowest BCUT2D eigenvalue weighted by Crippen LogP contribution is -2.66. The number of rotatable bonds is 8. The van der Waals surface area contributed by atoms with Crippen LogP contribution >= 0.6 is 11.6 Å². The molecule has 43 heavy (non-hydrogen) atoms. The van der Waals surface area contributed by atoms with Gasteiger partial charge in [0.1, 0.15) is 17.0 Å². The van der Waals surface area contributed by atoms with Crippen LogP contribution < -0.4 is 15.3 Å². The average molecular weight is 618 g/mol. The fraction of sp³-hybridized carbons (Fsp3) is 0.324. The Morgan fingerprint density at radius 2 is 1.60 bits per heavy atom. The van der Waals surface area contributed by atoms with Gasteiger partial charge in [0.2, 0.25) is 0 Å². The summed E-state index contributed by atoms with van der Waals surface area (Å²) in [5, 5.41) is 1.98. The summed E-state index contributed by atoms with van der Waals surface area (Å²) in [4.78, 5) is 22.1. The molecule has 3 aromatic carbocycles. The molecule has 1 fully saturated rings. The van der Waals surface area contributed by atoms with E-state index in [0.29, 0.717) is 25.1 Å². The first-order chi connectivity index (χ1) is 20.6. The van der Waals surface area contributed by atoms with E-state index in [1.165, 1.54) is 12.5 Å². The first kappa shape index (κ1) is 31.0. The molecule has 2 heterocycles. The van der Waals surface area contributed by atoms with Crippen molar-refractivity contribution in [3.63, 3.8) is 0 Å². The quantitative estimate of drug-likeness (QED) is 0.168. The minimum Gasteiger partial charge on any atom is -0.403 e. The van der Waals surface area contributed by atoms with Gasteiger partial charge in [-0.3, -0.25) is 4.79 Å². The van der Waals surface area contributed by atoms with Crippen LogP contribution in [0.1, 0.15) is 50.7 Å². The van der Waals surface area contributed by atoms with E-state index in [1.807, 2.05) is 50.2 Å². The monoisotopic (exact) mass is 617 g/mol. The number of benzene rings is 3. The number of ether oxygens (including phenoxy) is 1. The van der Waals surface area contributed by atoms with E-state index < -0.39 is 14.1 Å². The standard InChI is InChI=1S/C34H37ClFN3O3Si/c1-23-18-39(19-24(2)42-23)33-25(16-28(32(36)31(33)35)29-17-37-22-38-30(29)20-40)21-41-43(34(3,4)5,26-12-8-6-9-13-26)27-14-10-7-11-15-27/h6-17,20,22-24H,18-19,21H2,1-5H3/t23-,24+. The molecule has 6 nitrogen and oxygen atoms in total. The Balaban J connectivity index is 1.71. The van der Waals surface area contributed by atoms with Crippen molar-refractivity contribution < 1.29 is 18.3 Å². The summed E-state index contributed by atoms with van der Waals surface area (Å²) in [5.41, 5.74) is 1.82. The van der Waals surface area contributed by atoms with Crippen LogP contribution in [0.5, 0.6) is 0 Å². The molecular weight excluding hydrogens is 581 g/mol. The van der Waals surface area contributed by atoms with Crippen molar-refractivity contribution in [2.75, 3.05) is 18.0 Å². The number of anilines is 1. The maximum Gasteiger partial charge on any atom is 0.261 e. The van der Waals surface area contributed by atoms with Crippen molar-refractivity contribution in [3.05, 3.63) is 101 Å². The molecule has 0 N–H and O–H groups in total. The van der Waals surface area contributed by atoms with Crippen LogP contribution in [-0.2, 0) is 15.8 Å². The average Bonchev–Trinajstić information content (AvgIpc) is 2.99. The zero-order valence-corrected chi connectivity index (χ0v) is 26.9. The van der Waals surface area contributed by atoms with Crippen LogP contribution in [0.25, 0.3) is 11.1 Å². The van der Waals surface area contributed by atoms with Crippen LogP contribution in [0.4, 0.5) is 10.1 Å². The number of carbonyl (C=O) groups is 1. The molecule has 0 saturated carbocycles. The fourth-order valence-corrected chi connectivity index (χ4v) is 11.1. The van der Waals surface area contributed by atoms with Gasteiger partial charge in [-0.2, -0.15) is 0 Å². The number of halogens is 2. The Morgan fingerprint density at radius 1 is 1.02 bits per heavy atom. The second-order valence-electron chi connectivity index (χ2n) is 12.1. The highest BCUT2D eigenvalue weighted by atomic mass is 35.5. The number of aldehydes is 1. The number of hydrogen-bond donors (Lipinski definition) is 0. The van der Waals surface area contributed by atoms with E-state index in [0.717, 1.165) is 15.9 Å². The lowest BCUT2D eigenvalue weighted by atomic mass is 10.00. The van der Waals surface area contributed by atoms with Gasteiger partial charge in [-0.05, 0) is 35.3 Å². The summed E-state index contributed by atoms with van der Waals surface area (Å²) < 4.78 is 29.5. The topological polar surface area (TPSA) is 64.5 Å². The van der Waals surface area contributed by atoms with E-state index in [1.54, 1.807) is 6.07 Å². The maximum absolute atomic E-state index is 16.2. The molecule has 0 spiro atoms. The van der Waals surface area contributed by atoms with E-state index >= 15 is 4.39 Å². The third kappa shape index (κ3) is 6.02. The Hall–Kier alpha value is -3.43. The summed E-state index contributed by atoms with van der Waals surface area (Å²) in [6, 6.07) is 22.5. The van der Waals surface area contributed by atoms with Crippen molar-refractivity contribution in [3.8, 4) is 11.1 Å². The first-order valence-corrected chi connectivity index (χ1v) is 16.8. The van der Waals surface area contributed by atoms with E-state index in [4.69, 9.17) is 20.8 Å². The van der Waals surface area contributed by atoms with E-state index in [9.17, 15) is 4.79 Å². The molecule has 0 bridgehead atoms. The minimum absolute atomic E-state index is 0.0273. The molecule has 5 rings (SSSR count). The number of aromatic nitrogens is 2. The van der Waals surface area contributed by atoms with Crippen molar-refractivity contribution in [2.45, 2.75) is 58.5 Å². The number of morpholine rings is 1. The Bertz CT molecular complexity index is 1530. The van der Waals surface area contributed by atoms with Gasteiger partial charge in [0, 0.05) is 36.0 Å². The third-order valence-corrected chi connectivity index (χ3v) is 13.3. The first-order valence-electron chi connectivity index (χ1n) is 14.5. The van der Waals surface area contributed by atoms with Crippen molar-refractivity contribution in [1.29, 1.82) is 0 Å². The maximum atomic E-state index is 16.2. The van der Waals surface area contributed by atoms with Crippen LogP contribution in [-0.4, -0.2) is 49.9 Å². The van der Waals surface area contributed by atoms with Crippen molar-refractivity contribution >= 4 is 42.3 Å². The van der Waals surface area contributed by atoms with Gasteiger partial charge in [0.05, 0.1) is 24.5 Å². The molecule has 4 aromatic rings. The zero-order chi connectivity index (χ0) is 30.8. The highest BCUT2D eigenvalue weighted by Crippen LogP contribution is 2.42. The summed E-state index contributed by atoms with van der Waals surface area (Å²) >= 11 is 6.92. The Labute approximate surface area is 259 Å². The molecule has 224 valence electrons. The highest BCUT2D eigenvalue weighted by molar-refractivity contribution is 6.99. The lowest BCUT2D eigenvalue weighted by molar-refractivity contribution is -0.00532. The van der Waals surface area contributed by atoms with E-state index in [2.05, 4.69) is 59.9 Å². The fourth-order valence-electron chi connectivity index (χ4n) is 6.27. The normalized spacial score (nSPS) is 17.6. The molecule has 1 aliphatic heterocycles. The summed E-state index contributed by atoms with van der Waals surface area (Å²) in [7, 11) is -2.94. The number of carbonyl (C=O) groups excluding carboxylic acids is 1. The van der Waals surface area contributed by atoms with Crippen LogP contribution in [0.2, 0.25) is 10.1 Å². The molecule has 0 aliphatic carbocycles. The molecule has 0 radical (unpaired) electrons. The summed E-state index contributed by atoms with van der Waals surface area (Å²) in [5.74, 6) is -0.629. The molecule has 1 saturated heterocycles. The molecule has 1 aliphatic rings. The lowest BCUT2D eigenvalue weighted by Gasteiger charge is -2.43. The highest BCUT2D eigenvalue weighted by Gasteiger charge is 2.50. The molecule has 1 aromatic heterocycles. The van der Waals surface area contributed by atoms with Gasteiger partial charge >= 0.3 is 0 Å². The predicted octanol–water partition coefficient (Wildman–Crippen LogP) is 6.44. The van der Waals surface area contributed by atoms with Crippen LogP contribution in [0.3, 0.4) is 0 Å². The number of nitrogens with zero attached hydrogens (tertiary/aromatic N) is 3. The van der Waals surface area contributed by atoms with Gasteiger partial charge in [-0.1, -0.05) is 93.0 Å². The van der Waals surface area contributed by atoms with Crippen molar-refractivity contribution in [1.82, 2.24) is 9.97 Å². The Kier molecular flexibility index (Phi) is 9.13. The van der Waals surface area contributed by atoms with Crippen LogP contribution in [0.15, 0.2) is 79.3 Å². The minimum atomic E-state index is -2.94. The number of hydrogen-bond acceptors (Lipinski definition) is 6. The molecular formula is C34H37ClFN3O3Si. The zero-order valence-electron chi connectivity index (χ0n) is 25.2. The molecule has 0 amide bonds. The van der Waals surface area contributed by atoms with Gasteiger partial charge in [-0.15, -0.1) is 0 Å². The van der Waals surface area contributed by atoms with Gasteiger partial charge in [0.15, 0.2) is 12.1 Å². The van der Waals surface area contributed by atoms with Gasteiger partial charge < -0.3 is 14.1 Å². The van der Waals surface area contributed by atoms with Gasteiger partial charge in [-0.25, -0.2) is 14.4 Å². The van der Waals surface area contributed by atoms with E-state index in [-0.39, 0.29) is 45.7 Å². The second-order valence-corrected chi connectivity index (χ2v) is 16.8. The third-order valence-electron chi connectivity index (χ3n) is 8.00. The molecule has 9 heteroatoms. The molecule has 2 atom stereocenters.